The van der Waals surface area contributed by atoms with E-state index in [0.29, 0.717) is 10.8 Å². The Labute approximate surface area is 137 Å². The number of rotatable bonds is 4. The molecule has 0 aliphatic heterocycles. The van der Waals surface area contributed by atoms with Crippen LogP contribution in [-0.4, -0.2) is 16.8 Å². The third kappa shape index (κ3) is 3.73. The van der Waals surface area contributed by atoms with E-state index in [4.69, 9.17) is 0 Å². The van der Waals surface area contributed by atoms with Crippen LogP contribution in [0.4, 0.5) is 10.8 Å². The van der Waals surface area contributed by atoms with Gasteiger partial charge in [-0.25, -0.2) is 4.98 Å². The number of benzene rings is 2. The van der Waals surface area contributed by atoms with E-state index < -0.39 is 0 Å². The number of amides is 2. The van der Waals surface area contributed by atoms with Gasteiger partial charge in [0.05, 0.1) is 12.1 Å². The molecule has 0 unspecified atom stereocenters. The fourth-order valence-electron chi connectivity index (χ4n) is 2.29. The van der Waals surface area contributed by atoms with Gasteiger partial charge in [0.2, 0.25) is 11.8 Å². The van der Waals surface area contributed by atoms with Crippen molar-refractivity contribution in [3.05, 3.63) is 53.5 Å². The fourth-order valence-corrected chi connectivity index (χ4v) is 3.05. The van der Waals surface area contributed by atoms with Crippen molar-refractivity contribution >= 4 is 44.7 Å². The van der Waals surface area contributed by atoms with Crippen LogP contribution in [0, 0.1) is 0 Å². The van der Waals surface area contributed by atoms with Gasteiger partial charge >= 0.3 is 0 Å². The van der Waals surface area contributed by atoms with E-state index in [-0.39, 0.29) is 18.2 Å². The smallest absolute Gasteiger partial charge is 0.230 e. The van der Waals surface area contributed by atoms with Crippen LogP contribution < -0.4 is 10.6 Å². The molecule has 0 bridgehead atoms. The van der Waals surface area contributed by atoms with Crippen LogP contribution in [0.15, 0.2) is 47.8 Å². The third-order valence-corrected chi connectivity index (χ3v) is 4.05. The van der Waals surface area contributed by atoms with Gasteiger partial charge in [-0.3, -0.25) is 9.59 Å². The number of carbonyl (C=O) groups is 2. The zero-order chi connectivity index (χ0) is 16.2. The molecule has 23 heavy (non-hydrogen) atoms. The topological polar surface area (TPSA) is 71.1 Å². The summed E-state index contributed by atoms with van der Waals surface area (Å²) in [4.78, 5) is 27.4. The van der Waals surface area contributed by atoms with Crippen LogP contribution in [-0.2, 0) is 16.0 Å². The number of thiazole rings is 1. The number of nitrogens with zero attached hydrogens (tertiary/aromatic N) is 1. The Bertz CT molecular complexity index is 868. The largest absolute Gasteiger partial charge is 0.325 e. The Kier molecular flexibility index (Phi) is 4.34. The number of anilines is 2. The predicted octanol–water partition coefficient (Wildman–Crippen LogP) is 3.44. The maximum Gasteiger partial charge on any atom is 0.230 e. The maximum absolute atomic E-state index is 12.2. The summed E-state index contributed by atoms with van der Waals surface area (Å²) in [6.45, 7) is 1.42. The van der Waals surface area contributed by atoms with E-state index in [1.807, 2.05) is 42.5 Å². The summed E-state index contributed by atoms with van der Waals surface area (Å²) in [5, 5.41) is 9.88. The highest BCUT2D eigenvalue weighted by molar-refractivity contribution is 7.13. The lowest BCUT2D eigenvalue weighted by molar-refractivity contribution is -0.115. The monoisotopic (exact) mass is 325 g/mol. The molecule has 3 aromatic rings. The average Bonchev–Trinajstić information content (AvgIpc) is 2.93. The van der Waals surface area contributed by atoms with E-state index in [0.717, 1.165) is 16.5 Å². The van der Waals surface area contributed by atoms with Gasteiger partial charge < -0.3 is 10.6 Å². The molecule has 0 radical (unpaired) electrons. The van der Waals surface area contributed by atoms with E-state index in [1.165, 1.54) is 18.3 Å². The zero-order valence-corrected chi connectivity index (χ0v) is 13.3. The van der Waals surface area contributed by atoms with Crippen LogP contribution in [0.25, 0.3) is 10.8 Å². The molecule has 0 aliphatic rings. The molecule has 0 aliphatic carbocycles. The molecule has 1 aromatic heterocycles. The summed E-state index contributed by atoms with van der Waals surface area (Å²) < 4.78 is 0. The average molecular weight is 325 g/mol. The second-order valence-corrected chi connectivity index (χ2v) is 5.93. The molecular formula is C17H15N3O2S. The molecule has 5 nitrogen and oxygen atoms in total. The second kappa shape index (κ2) is 6.58. The zero-order valence-electron chi connectivity index (χ0n) is 12.5. The van der Waals surface area contributed by atoms with Crippen molar-refractivity contribution in [3.63, 3.8) is 0 Å². The Morgan fingerprint density at radius 3 is 2.70 bits per heavy atom. The number of hydrogen-bond acceptors (Lipinski definition) is 4. The van der Waals surface area contributed by atoms with E-state index >= 15 is 0 Å². The first-order valence-corrected chi connectivity index (χ1v) is 7.99. The minimum atomic E-state index is -0.175. The lowest BCUT2D eigenvalue weighted by Crippen LogP contribution is -2.15. The van der Waals surface area contributed by atoms with Gasteiger partial charge in [0.15, 0.2) is 5.13 Å². The Balaban J connectivity index is 1.71. The SMILES string of the molecule is CC(=O)Nc1nc(CC(=O)Nc2cccc3ccccc23)cs1. The van der Waals surface area contributed by atoms with Gasteiger partial charge in [0.25, 0.3) is 0 Å². The number of carbonyl (C=O) groups excluding carboxylic acids is 2. The standard InChI is InChI=1S/C17H15N3O2S/c1-11(21)18-17-19-13(10-23-17)9-16(22)20-15-8-4-6-12-5-2-3-7-14(12)15/h2-8,10H,9H2,1H3,(H,20,22)(H,18,19,21). The molecule has 0 saturated carbocycles. The number of fused-ring (bicyclic) bond motifs is 1. The normalized spacial score (nSPS) is 10.5. The van der Waals surface area contributed by atoms with Crippen molar-refractivity contribution in [1.82, 2.24) is 4.98 Å². The van der Waals surface area contributed by atoms with Crippen LogP contribution in [0.5, 0.6) is 0 Å². The van der Waals surface area contributed by atoms with E-state index in [9.17, 15) is 9.59 Å². The van der Waals surface area contributed by atoms with E-state index in [2.05, 4.69) is 15.6 Å². The summed E-state index contributed by atoms with van der Waals surface area (Å²) >= 11 is 1.31. The Morgan fingerprint density at radius 1 is 1.09 bits per heavy atom. The molecule has 0 saturated heterocycles. The van der Waals surface area contributed by atoms with Gasteiger partial charge in [-0.15, -0.1) is 11.3 Å². The summed E-state index contributed by atoms with van der Waals surface area (Å²) in [5.74, 6) is -0.313. The fraction of sp³-hybridized carbons (Fsp3) is 0.118. The Hall–Kier alpha value is -2.73. The second-order valence-electron chi connectivity index (χ2n) is 5.08. The third-order valence-electron chi connectivity index (χ3n) is 3.24. The first kappa shape index (κ1) is 15.2. The molecule has 3 rings (SSSR count). The highest BCUT2D eigenvalue weighted by Gasteiger charge is 2.10. The van der Waals surface area contributed by atoms with Crippen molar-refractivity contribution in [1.29, 1.82) is 0 Å². The minimum absolute atomic E-state index is 0.138. The Morgan fingerprint density at radius 2 is 1.87 bits per heavy atom. The van der Waals surface area contributed by atoms with Crippen LogP contribution >= 0.6 is 11.3 Å². The lowest BCUT2D eigenvalue weighted by atomic mass is 10.1. The van der Waals surface area contributed by atoms with Crippen LogP contribution in [0.3, 0.4) is 0 Å². The molecule has 6 heteroatoms. The highest BCUT2D eigenvalue weighted by Crippen LogP contribution is 2.23. The molecule has 0 atom stereocenters. The lowest BCUT2D eigenvalue weighted by Gasteiger charge is -2.08. The first-order chi connectivity index (χ1) is 11.1. The van der Waals surface area contributed by atoms with Crippen molar-refractivity contribution < 1.29 is 9.59 Å². The number of nitrogens with one attached hydrogen (secondary N) is 2. The quantitative estimate of drug-likeness (QED) is 0.772. The molecule has 2 amide bonds. The van der Waals surface area contributed by atoms with E-state index in [1.54, 1.807) is 5.38 Å². The predicted molar refractivity (Wildman–Crippen MR) is 92.7 cm³/mol. The molecule has 2 N–H and O–H groups in total. The summed E-state index contributed by atoms with van der Waals surface area (Å²) in [5.41, 5.74) is 1.42. The highest BCUT2D eigenvalue weighted by atomic mass is 32.1. The molecule has 0 spiro atoms. The van der Waals surface area contributed by atoms with Gasteiger partial charge in [-0.1, -0.05) is 36.4 Å². The summed E-state index contributed by atoms with van der Waals surface area (Å²) in [6.07, 6.45) is 0.166. The van der Waals surface area contributed by atoms with Crippen molar-refractivity contribution in [2.45, 2.75) is 13.3 Å². The maximum atomic E-state index is 12.2. The van der Waals surface area contributed by atoms with Gasteiger partial charge in [-0.2, -0.15) is 0 Å². The summed E-state index contributed by atoms with van der Waals surface area (Å²) in [7, 11) is 0. The molecule has 1 heterocycles. The van der Waals surface area contributed by atoms with Gasteiger partial charge in [-0.05, 0) is 11.5 Å². The molecule has 2 aromatic carbocycles. The van der Waals surface area contributed by atoms with Crippen LogP contribution in [0.1, 0.15) is 12.6 Å². The van der Waals surface area contributed by atoms with Gasteiger partial charge in [0.1, 0.15) is 0 Å². The van der Waals surface area contributed by atoms with Crippen molar-refractivity contribution in [2.24, 2.45) is 0 Å². The molecular weight excluding hydrogens is 310 g/mol. The minimum Gasteiger partial charge on any atom is -0.325 e. The number of hydrogen-bond donors (Lipinski definition) is 2. The molecule has 116 valence electrons. The molecule has 0 fully saturated rings. The van der Waals surface area contributed by atoms with Crippen molar-refractivity contribution in [3.8, 4) is 0 Å². The van der Waals surface area contributed by atoms with Crippen molar-refractivity contribution in [2.75, 3.05) is 10.6 Å². The van der Waals surface area contributed by atoms with Gasteiger partial charge in [0, 0.05) is 23.4 Å². The van der Waals surface area contributed by atoms with Crippen LogP contribution in [0.2, 0.25) is 0 Å². The first-order valence-electron chi connectivity index (χ1n) is 7.11. The summed E-state index contributed by atoms with van der Waals surface area (Å²) in [6, 6.07) is 13.7. The number of aromatic nitrogens is 1.